The molecule has 0 unspecified atom stereocenters. The third-order valence-corrected chi connectivity index (χ3v) is 4.17. The quantitative estimate of drug-likeness (QED) is 0.809. The number of anilines is 1. The SMILES string of the molecule is CCNC(=O)CNc1ccc(S(=O)(=O)CC)cc1. The van der Waals surface area contributed by atoms with Gasteiger partial charge in [-0.2, -0.15) is 0 Å². The fourth-order valence-corrected chi connectivity index (χ4v) is 2.27. The molecular formula is C12H18N2O3S. The largest absolute Gasteiger partial charge is 0.376 e. The van der Waals surface area contributed by atoms with E-state index in [2.05, 4.69) is 10.6 Å². The number of amides is 1. The standard InChI is InChI=1S/C12H18N2O3S/c1-3-13-12(15)9-14-10-5-7-11(8-6-10)18(16,17)4-2/h5-8,14H,3-4,9H2,1-2H3,(H,13,15). The molecular weight excluding hydrogens is 252 g/mol. The Hall–Kier alpha value is -1.56. The Bertz CT molecular complexity index is 495. The minimum absolute atomic E-state index is 0.0820. The van der Waals surface area contributed by atoms with Gasteiger partial charge in [-0.15, -0.1) is 0 Å². The van der Waals surface area contributed by atoms with Crippen LogP contribution in [0.4, 0.5) is 5.69 Å². The Labute approximate surface area is 108 Å². The van der Waals surface area contributed by atoms with Crippen molar-refractivity contribution in [3.8, 4) is 0 Å². The summed E-state index contributed by atoms with van der Waals surface area (Å²) in [5.74, 6) is -0.0126. The van der Waals surface area contributed by atoms with Gasteiger partial charge in [0, 0.05) is 12.2 Å². The zero-order valence-corrected chi connectivity index (χ0v) is 11.4. The molecule has 0 bridgehead atoms. The number of sulfone groups is 1. The minimum Gasteiger partial charge on any atom is -0.376 e. The maximum Gasteiger partial charge on any atom is 0.239 e. The third kappa shape index (κ3) is 4.03. The summed E-state index contributed by atoms with van der Waals surface area (Å²) in [6.45, 7) is 4.22. The summed E-state index contributed by atoms with van der Waals surface area (Å²) in [5, 5.41) is 5.58. The molecule has 2 N–H and O–H groups in total. The maximum atomic E-state index is 11.6. The average molecular weight is 270 g/mol. The minimum atomic E-state index is -3.16. The van der Waals surface area contributed by atoms with E-state index < -0.39 is 9.84 Å². The van der Waals surface area contributed by atoms with Crippen molar-refractivity contribution >= 4 is 21.4 Å². The molecule has 6 heteroatoms. The summed E-state index contributed by atoms with van der Waals surface area (Å²) in [6.07, 6.45) is 0. The van der Waals surface area contributed by atoms with Crippen LogP contribution < -0.4 is 10.6 Å². The van der Waals surface area contributed by atoms with Crippen LogP contribution in [-0.2, 0) is 14.6 Å². The second kappa shape index (κ2) is 6.39. The summed E-state index contributed by atoms with van der Waals surface area (Å²) < 4.78 is 23.2. The lowest BCUT2D eigenvalue weighted by atomic mass is 10.3. The van der Waals surface area contributed by atoms with Crippen LogP contribution in [-0.4, -0.2) is 33.2 Å². The normalized spacial score (nSPS) is 11.0. The van der Waals surface area contributed by atoms with Crippen molar-refractivity contribution < 1.29 is 13.2 Å². The van der Waals surface area contributed by atoms with E-state index in [0.29, 0.717) is 11.4 Å². The summed E-state index contributed by atoms with van der Waals surface area (Å²) in [4.78, 5) is 11.5. The van der Waals surface area contributed by atoms with Gasteiger partial charge < -0.3 is 10.6 Å². The van der Waals surface area contributed by atoms with Gasteiger partial charge in [0.1, 0.15) is 0 Å². The van der Waals surface area contributed by atoms with Crippen LogP contribution in [0.3, 0.4) is 0 Å². The highest BCUT2D eigenvalue weighted by molar-refractivity contribution is 7.91. The van der Waals surface area contributed by atoms with E-state index in [-0.39, 0.29) is 18.2 Å². The van der Waals surface area contributed by atoms with Crippen molar-refractivity contribution in [2.75, 3.05) is 24.2 Å². The van der Waals surface area contributed by atoms with Gasteiger partial charge in [0.15, 0.2) is 9.84 Å². The molecule has 0 aliphatic heterocycles. The van der Waals surface area contributed by atoms with Crippen molar-refractivity contribution in [3.63, 3.8) is 0 Å². The maximum absolute atomic E-state index is 11.6. The van der Waals surface area contributed by atoms with E-state index in [1.165, 1.54) is 0 Å². The second-order valence-corrected chi connectivity index (χ2v) is 6.01. The van der Waals surface area contributed by atoms with E-state index in [0.717, 1.165) is 5.69 Å². The topological polar surface area (TPSA) is 75.3 Å². The third-order valence-electron chi connectivity index (χ3n) is 2.42. The first-order chi connectivity index (χ1) is 8.49. The lowest BCUT2D eigenvalue weighted by Crippen LogP contribution is -2.29. The zero-order chi connectivity index (χ0) is 13.6. The molecule has 1 aromatic rings. The molecule has 0 fully saturated rings. The number of hydrogen-bond donors (Lipinski definition) is 2. The van der Waals surface area contributed by atoms with Gasteiger partial charge in [0.25, 0.3) is 0 Å². The highest BCUT2D eigenvalue weighted by Gasteiger charge is 2.10. The van der Waals surface area contributed by atoms with Crippen LogP contribution >= 0.6 is 0 Å². The Morgan fingerprint density at radius 1 is 1.17 bits per heavy atom. The number of carbonyl (C=O) groups excluding carboxylic acids is 1. The number of carbonyl (C=O) groups is 1. The molecule has 0 atom stereocenters. The van der Waals surface area contributed by atoms with Gasteiger partial charge in [-0.25, -0.2) is 8.42 Å². The number of rotatable bonds is 6. The summed E-state index contributed by atoms with van der Waals surface area (Å²) in [5.41, 5.74) is 0.719. The number of nitrogens with one attached hydrogen (secondary N) is 2. The van der Waals surface area contributed by atoms with E-state index in [1.807, 2.05) is 6.92 Å². The molecule has 0 aliphatic carbocycles. The van der Waals surface area contributed by atoms with Crippen molar-refractivity contribution in [2.45, 2.75) is 18.7 Å². The van der Waals surface area contributed by atoms with E-state index in [4.69, 9.17) is 0 Å². The van der Waals surface area contributed by atoms with Crippen LogP contribution in [0, 0.1) is 0 Å². The highest BCUT2D eigenvalue weighted by atomic mass is 32.2. The molecule has 1 rings (SSSR count). The predicted octanol–water partition coefficient (Wildman–Crippen LogP) is 1.03. The number of likely N-dealkylation sites (N-methyl/N-ethyl adjacent to an activating group) is 1. The van der Waals surface area contributed by atoms with E-state index >= 15 is 0 Å². The summed E-state index contributed by atoms with van der Waals surface area (Å²) in [7, 11) is -3.16. The molecule has 1 amide bonds. The Morgan fingerprint density at radius 2 is 1.78 bits per heavy atom. The lowest BCUT2D eigenvalue weighted by molar-refractivity contribution is -0.119. The Morgan fingerprint density at radius 3 is 2.28 bits per heavy atom. The molecule has 5 nitrogen and oxygen atoms in total. The van der Waals surface area contributed by atoms with Gasteiger partial charge in [-0.05, 0) is 31.2 Å². The lowest BCUT2D eigenvalue weighted by Gasteiger charge is -2.07. The molecule has 0 aliphatic rings. The predicted molar refractivity (Wildman–Crippen MR) is 71.3 cm³/mol. The molecule has 0 aromatic heterocycles. The van der Waals surface area contributed by atoms with Crippen molar-refractivity contribution in [2.24, 2.45) is 0 Å². The molecule has 1 aromatic carbocycles. The Balaban J connectivity index is 2.64. The van der Waals surface area contributed by atoms with Crippen LogP contribution in [0.25, 0.3) is 0 Å². The molecule has 0 spiro atoms. The fourth-order valence-electron chi connectivity index (χ4n) is 1.39. The van der Waals surface area contributed by atoms with E-state index in [9.17, 15) is 13.2 Å². The van der Waals surface area contributed by atoms with Gasteiger partial charge in [-0.1, -0.05) is 6.92 Å². The first-order valence-electron chi connectivity index (χ1n) is 5.83. The molecule has 0 saturated heterocycles. The first kappa shape index (κ1) is 14.5. The smallest absolute Gasteiger partial charge is 0.239 e. The van der Waals surface area contributed by atoms with E-state index in [1.54, 1.807) is 31.2 Å². The second-order valence-electron chi connectivity index (χ2n) is 3.73. The molecule has 18 heavy (non-hydrogen) atoms. The summed E-state index contributed by atoms with van der Waals surface area (Å²) >= 11 is 0. The molecule has 100 valence electrons. The van der Waals surface area contributed by atoms with Crippen molar-refractivity contribution in [3.05, 3.63) is 24.3 Å². The highest BCUT2D eigenvalue weighted by Crippen LogP contribution is 2.14. The first-order valence-corrected chi connectivity index (χ1v) is 7.48. The molecule has 0 radical (unpaired) electrons. The average Bonchev–Trinajstić information content (AvgIpc) is 2.37. The van der Waals surface area contributed by atoms with Gasteiger partial charge >= 0.3 is 0 Å². The van der Waals surface area contributed by atoms with Gasteiger partial charge in [-0.3, -0.25) is 4.79 Å². The monoisotopic (exact) mass is 270 g/mol. The van der Waals surface area contributed by atoms with Crippen LogP contribution in [0.15, 0.2) is 29.2 Å². The van der Waals surface area contributed by atoms with Crippen LogP contribution in [0.1, 0.15) is 13.8 Å². The number of benzene rings is 1. The fraction of sp³-hybridized carbons (Fsp3) is 0.417. The number of hydrogen-bond acceptors (Lipinski definition) is 4. The van der Waals surface area contributed by atoms with Crippen LogP contribution in [0.5, 0.6) is 0 Å². The van der Waals surface area contributed by atoms with Crippen LogP contribution in [0.2, 0.25) is 0 Å². The summed E-state index contributed by atoms with van der Waals surface area (Å²) in [6, 6.07) is 6.39. The van der Waals surface area contributed by atoms with Gasteiger partial charge in [0.05, 0.1) is 17.2 Å². The van der Waals surface area contributed by atoms with Crippen molar-refractivity contribution in [1.82, 2.24) is 5.32 Å². The zero-order valence-electron chi connectivity index (χ0n) is 10.6. The Kier molecular flexibility index (Phi) is 5.15. The molecule has 0 saturated carbocycles. The van der Waals surface area contributed by atoms with Gasteiger partial charge in [0.2, 0.25) is 5.91 Å². The molecule has 0 heterocycles. The van der Waals surface area contributed by atoms with Crippen molar-refractivity contribution in [1.29, 1.82) is 0 Å².